The number of hydrogen-bond acceptors (Lipinski definition) is 3. The van der Waals surface area contributed by atoms with E-state index in [9.17, 15) is 22.8 Å². The minimum Gasteiger partial charge on any atom is -0.478 e. The molecule has 20 heavy (non-hydrogen) atoms. The maximum absolute atomic E-state index is 11.9. The molecule has 0 aliphatic heterocycles. The van der Waals surface area contributed by atoms with Gasteiger partial charge in [0, 0.05) is 5.69 Å². The number of carboxylic acids is 1. The molecule has 0 unspecified atom stereocenters. The minimum absolute atomic E-state index is 0.0195. The Hall–Kier alpha value is -2.09. The molecule has 0 saturated carbocycles. The molecule has 0 spiro atoms. The highest BCUT2D eigenvalue weighted by Crippen LogP contribution is 2.15. The highest BCUT2D eigenvalue weighted by molar-refractivity contribution is 5.95. The van der Waals surface area contributed by atoms with E-state index in [4.69, 9.17) is 5.11 Å². The molecule has 1 rings (SSSR count). The first-order valence-corrected chi connectivity index (χ1v) is 5.60. The van der Waals surface area contributed by atoms with Crippen molar-refractivity contribution in [2.45, 2.75) is 13.1 Å². The summed E-state index contributed by atoms with van der Waals surface area (Å²) in [7, 11) is 0. The van der Waals surface area contributed by atoms with Gasteiger partial charge in [0.15, 0.2) is 0 Å². The lowest BCUT2D eigenvalue weighted by atomic mass is 10.1. The molecule has 8 heteroatoms. The number of alkyl halides is 3. The Kier molecular flexibility index (Phi) is 5.09. The molecule has 1 aromatic rings. The smallest absolute Gasteiger partial charge is 0.401 e. The van der Waals surface area contributed by atoms with E-state index in [0.717, 1.165) is 0 Å². The summed E-state index contributed by atoms with van der Waals surface area (Å²) in [6, 6.07) is 4.23. The second-order valence-electron chi connectivity index (χ2n) is 4.10. The molecule has 5 nitrogen and oxygen atoms in total. The molecule has 0 aromatic heterocycles. The number of hydrogen-bond donors (Lipinski definition) is 3. The summed E-state index contributed by atoms with van der Waals surface area (Å²) in [5, 5.41) is 13.2. The summed E-state index contributed by atoms with van der Waals surface area (Å²) in [6.45, 7) is -0.190. The lowest BCUT2D eigenvalue weighted by Crippen LogP contribution is -2.35. The number of carboxylic acid groups (broad SMARTS) is 1. The van der Waals surface area contributed by atoms with Crippen LogP contribution in [0.2, 0.25) is 0 Å². The van der Waals surface area contributed by atoms with Crippen LogP contribution in [0, 0.1) is 6.92 Å². The quantitative estimate of drug-likeness (QED) is 0.772. The van der Waals surface area contributed by atoms with Crippen molar-refractivity contribution < 1.29 is 27.9 Å². The van der Waals surface area contributed by atoms with Crippen LogP contribution in [0.1, 0.15) is 15.9 Å². The van der Waals surface area contributed by atoms with Crippen LogP contribution in [0.3, 0.4) is 0 Å². The SMILES string of the molecule is Cc1ccc(NC(=O)CNCC(F)(F)F)cc1C(=O)O. The first-order chi connectivity index (χ1) is 9.19. The number of nitrogens with one attached hydrogen (secondary N) is 2. The van der Waals surface area contributed by atoms with Gasteiger partial charge < -0.3 is 15.7 Å². The molecule has 0 fully saturated rings. The second kappa shape index (κ2) is 6.38. The third-order valence-electron chi connectivity index (χ3n) is 2.36. The van der Waals surface area contributed by atoms with Crippen LogP contribution >= 0.6 is 0 Å². The highest BCUT2D eigenvalue weighted by Gasteiger charge is 2.26. The molecule has 0 radical (unpaired) electrons. The van der Waals surface area contributed by atoms with Crippen molar-refractivity contribution >= 4 is 17.6 Å². The zero-order chi connectivity index (χ0) is 15.3. The zero-order valence-corrected chi connectivity index (χ0v) is 10.5. The van der Waals surface area contributed by atoms with Gasteiger partial charge in [-0.25, -0.2) is 4.79 Å². The minimum atomic E-state index is -4.39. The fourth-order valence-corrected chi connectivity index (χ4v) is 1.45. The average molecular weight is 290 g/mol. The second-order valence-corrected chi connectivity index (χ2v) is 4.10. The normalized spacial score (nSPS) is 11.2. The van der Waals surface area contributed by atoms with Crippen LogP contribution in [0.4, 0.5) is 18.9 Å². The van der Waals surface area contributed by atoms with E-state index in [-0.39, 0.29) is 11.3 Å². The van der Waals surface area contributed by atoms with E-state index in [1.165, 1.54) is 18.2 Å². The van der Waals surface area contributed by atoms with E-state index in [1.807, 2.05) is 5.32 Å². The lowest BCUT2D eigenvalue weighted by molar-refractivity contribution is -0.127. The summed E-state index contributed by atoms with van der Waals surface area (Å²) < 4.78 is 35.6. The van der Waals surface area contributed by atoms with Gasteiger partial charge in [-0.15, -0.1) is 0 Å². The molecule has 1 amide bonds. The molecule has 3 N–H and O–H groups in total. The van der Waals surface area contributed by atoms with E-state index in [0.29, 0.717) is 5.56 Å². The topological polar surface area (TPSA) is 78.4 Å². The van der Waals surface area contributed by atoms with Gasteiger partial charge in [-0.3, -0.25) is 4.79 Å². The number of anilines is 1. The molecule has 0 aliphatic carbocycles. The molecule has 1 aromatic carbocycles. The number of halogens is 3. The summed E-state index contributed by atoms with van der Waals surface area (Å²) >= 11 is 0. The summed E-state index contributed by atoms with van der Waals surface area (Å²) in [5.74, 6) is -1.83. The lowest BCUT2D eigenvalue weighted by Gasteiger charge is -2.10. The Morgan fingerprint density at radius 2 is 1.95 bits per heavy atom. The molecule has 0 bridgehead atoms. The van der Waals surface area contributed by atoms with E-state index < -0.39 is 31.1 Å². The van der Waals surface area contributed by atoms with Crippen molar-refractivity contribution in [2.75, 3.05) is 18.4 Å². The number of aromatic carboxylic acids is 1. The first-order valence-electron chi connectivity index (χ1n) is 5.60. The number of carbonyl (C=O) groups excluding carboxylic acids is 1. The van der Waals surface area contributed by atoms with Crippen molar-refractivity contribution in [1.29, 1.82) is 0 Å². The maximum atomic E-state index is 11.9. The van der Waals surface area contributed by atoms with Crippen LogP contribution in [-0.2, 0) is 4.79 Å². The van der Waals surface area contributed by atoms with Crippen LogP contribution in [0.5, 0.6) is 0 Å². The van der Waals surface area contributed by atoms with E-state index >= 15 is 0 Å². The zero-order valence-electron chi connectivity index (χ0n) is 10.5. The van der Waals surface area contributed by atoms with Crippen molar-refractivity contribution in [1.82, 2.24) is 5.32 Å². The molecular formula is C12H13F3N2O3. The van der Waals surface area contributed by atoms with Gasteiger partial charge in [-0.1, -0.05) is 6.07 Å². The van der Waals surface area contributed by atoms with Gasteiger partial charge in [0.25, 0.3) is 0 Å². The van der Waals surface area contributed by atoms with E-state index in [1.54, 1.807) is 6.92 Å². The van der Waals surface area contributed by atoms with Gasteiger partial charge in [0.1, 0.15) is 0 Å². The van der Waals surface area contributed by atoms with Crippen LogP contribution in [0.25, 0.3) is 0 Å². The Morgan fingerprint density at radius 1 is 1.30 bits per heavy atom. The molecule has 0 aliphatic rings. The van der Waals surface area contributed by atoms with Gasteiger partial charge in [0.05, 0.1) is 18.7 Å². The van der Waals surface area contributed by atoms with Crippen LogP contribution < -0.4 is 10.6 Å². The number of amides is 1. The largest absolute Gasteiger partial charge is 0.478 e. The van der Waals surface area contributed by atoms with Crippen molar-refractivity contribution in [2.24, 2.45) is 0 Å². The summed E-state index contributed by atoms with van der Waals surface area (Å²) in [5.41, 5.74) is 0.753. The van der Waals surface area contributed by atoms with E-state index in [2.05, 4.69) is 5.32 Å². The Morgan fingerprint density at radius 3 is 2.50 bits per heavy atom. The van der Waals surface area contributed by atoms with Crippen molar-refractivity contribution in [3.05, 3.63) is 29.3 Å². The first kappa shape index (κ1) is 16.0. The fraction of sp³-hybridized carbons (Fsp3) is 0.333. The predicted octanol–water partition coefficient (Wildman–Crippen LogP) is 1.78. The maximum Gasteiger partial charge on any atom is 0.401 e. The summed E-state index contributed by atoms with van der Waals surface area (Å²) in [6.07, 6.45) is -4.39. The molecular weight excluding hydrogens is 277 g/mol. The number of carbonyl (C=O) groups is 2. The van der Waals surface area contributed by atoms with Crippen LogP contribution in [-0.4, -0.2) is 36.2 Å². The third-order valence-corrected chi connectivity index (χ3v) is 2.36. The fourth-order valence-electron chi connectivity index (χ4n) is 1.45. The number of aryl methyl sites for hydroxylation is 1. The van der Waals surface area contributed by atoms with Crippen molar-refractivity contribution in [3.8, 4) is 0 Å². The van der Waals surface area contributed by atoms with Gasteiger partial charge in [0.2, 0.25) is 5.91 Å². The summed E-state index contributed by atoms with van der Waals surface area (Å²) in [4.78, 5) is 22.3. The van der Waals surface area contributed by atoms with Gasteiger partial charge in [-0.2, -0.15) is 13.2 Å². The average Bonchev–Trinajstić information content (AvgIpc) is 2.29. The van der Waals surface area contributed by atoms with Gasteiger partial charge >= 0.3 is 12.1 Å². The molecule has 110 valence electrons. The standard InChI is InChI=1S/C12H13F3N2O3/c1-7-2-3-8(4-9(7)11(19)20)17-10(18)5-16-6-12(13,14)15/h2-4,16H,5-6H2,1H3,(H,17,18)(H,19,20). The predicted molar refractivity (Wildman–Crippen MR) is 65.7 cm³/mol. The number of benzene rings is 1. The monoisotopic (exact) mass is 290 g/mol. The molecule has 0 atom stereocenters. The van der Waals surface area contributed by atoms with Crippen molar-refractivity contribution in [3.63, 3.8) is 0 Å². The Labute approximate surface area is 112 Å². The molecule has 0 saturated heterocycles. The van der Waals surface area contributed by atoms with Gasteiger partial charge in [-0.05, 0) is 24.6 Å². The Balaban J connectivity index is 2.58. The third kappa shape index (κ3) is 5.27. The van der Waals surface area contributed by atoms with Crippen LogP contribution in [0.15, 0.2) is 18.2 Å². The number of rotatable bonds is 5. The molecule has 0 heterocycles. The Bertz CT molecular complexity index is 515. The highest BCUT2D eigenvalue weighted by atomic mass is 19.4.